The molecule has 0 heterocycles. The SMILES string of the molecule is COCC(C)NC(=O)CSc1c(F)cc(N)cc1F. The third-order valence-corrected chi connectivity index (χ3v) is 3.28. The molecule has 1 unspecified atom stereocenters. The zero-order valence-corrected chi connectivity index (χ0v) is 11.5. The van der Waals surface area contributed by atoms with Crippen LogP contribution < -0.4 is 11.1 Å². The number of ether oxygens (including phenoxy) is 1. The van der Waals surface area contributed by atoms with Crippen molar-refractivity contribution < 1.29 is 18.3 Å². The Morgan fingerprint density at radius 1 is 1.47 bits per heavy atom. The smallest absolute Gasteiger partial charge is 0.230 e. The molecule has 1 aromatic rings. The molecule has 0 aromatic heterocycles. The van der Waals surface area contributed by atoms with Gasteiger partial charge in [-0.05, 0) is 19.1 Å². The second-order valence-corrected chi connectivity index (χ2v) is 5.01. The van der Waals surface area contributed by atoms with Crippen LogP contribution in [0.25, 0.3) is 0 Å². The third kappa shape index (κ3) is 5.04. The van der Waals surface area contributed by atoms with E-state index < -0.39 is 11.6 Å². The van der Waals surface area contributed by atoms with Gasteiger partial charge in [0.05, 0.1) is 17.3 Å². The summed E-state index contributed by atoms with van der Waals surface area (Å²) < 4.78 is 31.8. The predicted molar refractivity (Wildman–Crippen MR) is 71.0 cm³/mol. The first-order chi connectivity index (χ1) is 8.93. The minimum absolute atomic E-state index is 0.0116. The van der Waals surface area contributed by atoms with Gasteiger partial charge < -0.3 is 15.8 Å². The molecule has 0 aliphatic rings. The number of halogens is 2. The number of benzene rings is 1. The number of hydrogen-bond donors (Lipinski definition) is 2. The fourth-order valence-corrected chi connectivity index (χ4v) is 2.22. The molecule has 0 saturated carbocycles. The average molecular weight is 290 g/mol. The van der Waals surface area contributed by atoms with Crippen molar-refractivity contribution in [3.63, 3.8) is 0 Å². The zero-order valence-electron chi connectivity index (χ0n) is 10.7. The van der Waals surface area contributed by atoms with Crippen molar-refractivity contribution in [1.29, 1.82) is 0 Å². The van der Waals surface area contributed by atoms with E-state index in [0.717, 1.165) is 23.9 Å². The van der Waals surface area contributed by atoms with Crippen LogP contribution in [-0.2, 0) is 9.53 Å². The molecule has 1 aromatic carbocycles. The highest BCUT2D eigenvalue weighted by Gasteiger charge is 2.14. The molecule has 0 aliphatic heterocycles. The number of carbonyl (C=O) groups excluding carboxylic acids is 1. The maximum atomic E-state index is 13.5. The summed E-state index contributed by atoms with van der Waals surface area (Å²) in [5, 5.41) is 2.65. The van der Waals surface area contributed by atoms with Crippen LogP contribution in [0.1, 0.15) is 6.92 Å². The fourth-order valence-electron chi connectivity index (χ4n) is 1.46. The molecule has 0 aliphatic carbocycles. The number of amides is 1. The Morgan fingerprint density at radius 2 is 2.05 bits per heavy atom. The molecule has 7 heteroatoms. The Hall–Kier alpha value is -1.34. The minimum atomic E-state index is -0.764. The maximum Gasteiger partial charge on any atom is 0.230 e. The van der Waals surface area contributed by atoms with Gasteiger partial charge in [0.2, 0.25) is 5.91 Å². The molecule has 0 radical (unpaired) electrons. The van der Waals surface area contributed by atoms with E-state index in [1.807, 2.05) is 0 Å². The van der Waals surface area contributed by atoms with Gasteiger partial charge >= 0.3 is 0 Å². The lowest BCUT2D eigenvalue weighted by molar-refractivity contribution is -0.119. The number of methoxy groups -OCH3 is 1. The van der Waals surface area contributed by atoms with Gasteiger partial charge in [0.25, 0.3) is 0 Å². The second kappa shape index (κ2) is 7.30. The lowest BCUT2D eigenvalue weighted by Gasteiger charge is -2.12. The van der Waals surface area contributed by atoms with E-state index in [4.69, 9.17) is 10.5 Å². The number of hydrogen-bond acceptors (Lipinski definition) is 4. The summed E-state index contributed by atoms with van der Waals surface area (Å²) in [6.45, 7) is 2.15. The average Bonchev–Trinajstić information content (AvgIpc) is 2.27. The Morgan fingerprint density at radius 3 is 2.58 bits per heavy atom. The van der Waals surface area contributed by atoms with Crippen LogP contribution in [0.2, 0.25) is 0 Å². The van der Waals surface area contributed by atoms with Gasteiger partial charge in [-0.2, -0.15) is 0 Å². The number of carbonyl (C=O) groups is 1. The van der Waals surface area contributed by atoms with Gasteiger partial charge in [0, 0.05) is 18.8 Å². The zero-order chi connectivity index (χ0) is 14.4. The van der Waals surface area contributed by atoms with E-state index in [1.54, 1.807) is 6.92 Å². The van der Waals surface area contributed by atoms with Crippen LogP contribution in [0.5, 0.6) is 0 Å². The molecule has 1 atom stereocenters. The molecule has 4 nitrogen and oxygen atoms in total. The number of nitrogens with one attached hydrogen (secondary N) is 1. The summed E-state index contributed by atoms with van der Waals surface area (Å²) in [6, 6.07) is 1.90. The van der Waals surface area contributed by atoms with Crippen LogP contribution in [0.15, 0.2) is 17.0 Å². The summed E-state index contributed by atoms with van der Waals surface area (Å²) in [4.78, 5) is 11.3. The lowest BCUT2D eigenvalue weighted by atomic mass is 10.3. The van der Waals surface area contributed by atoms with Crippen LogP contribution in [-0.4, -0.2) is 31.4 Å². The maximum absolute atomic E-state index is 13.5. The molecule has 106 valence electrons. The van der Waals surface area contributed by atoms with Crippen LogP contribution in [0.3, 0.4) is 0 Å². The van der Waals surface area contributed by atoms with Crippen molar-refractivity contribution in [2.45, 2.75) is 17.9 Å². The quantitative estimate of drug-likeness (QED) is 0.619. The Bertz CT molecular complexity index is 434. The highest BCUT2D eigenvalue weighted by Crippen LogP contribution is 2.26. The standard InChI is InChI=1S/C12H16F2N2O2S/c1-7(5-18-2)16-11(17)6-19-12-9(13)3-8(15)4-10(12)14/h3-4,7H,5-6,15H2,1-2H3,(H,16,17). The fraction of sp³-hybridized carbons (Fsp3) is 0.417. The predicted octanol–water partition coefficient (Wildman–Crippen LogP) is 1.79. The van der Waals surface area contributed by atoms with Crippen molar-refractivity contribution in [2.24, 2.45) is 0 Å². The monoisotopic (exact) mass is 290 g/mol. The van der Waals surface area contributed by atoms with Crippen molar-refractivity contribution in [2.75, 3.05) is 25.2 Å². The number of anilines is 1. The van der Waals surface area contributed by atoms with E-state index in [9.17, 15) is 13.6 Å². The van der Waals surface area contributed by atoms with Crippen molar-refractivity contribution in [1.82, 2.24) is 5.32 Å². The van der Waals surface area contributed by atoms with Gasteiger partial charge in [0.15, 0.2) is 0 Å². The number of nitrogen functional groups attached to an aromatic ring is 1. The summed E-state index contributed by atoms with van der Waals surface area (Å²) in [5.41, 5.74) is 5.31. The third-order valence-electron chi connectivity index (χ3n) is 2.19. The molecular weight excluding hydrogens is 274 g/mol. The molecule has 1 rings (SSSR count). The van der Waals surface area contributed by atoms with Crippen LogP contribution in [0, 0.1) is 11.6 Å². The second-order valence-electron chi connectivity index (χ2n) is 4.03. The van der Waals surface area contributed by atoms with E-state index in [2.05, 4.69) is 5.32 Å². The van der Waals surface area contributed by atoms with Crippen molar-refractivity contribution >= 4 is 23.4 Å². The molecule has 0 bridgehead atoms. The Kier molecular flexibility index (Phi) is 6.04. The van der Waals surface area contributed by atoms with Gasteiger partial charge in [-0.1, -0.05) is 0 Å². The van der Waals surface area contributed by atoms with Gasteiger partial charge in [0.1, 0.15) is 11.6 Å². The largest absolute Gasteiger partial charge is 0.399 e. The number of nitrogens with two attached hydrogens (primary N) is 1. The Labute approximate surface area is 114 Å². The lowest BCUT2D eigenvalue weighted by Crippen LogP contribution is -2.36. The molecular formula is C12H16F2N2O2S. The topological polar surface area (TPSA) is 64.3 Å². The van der Waals surface area contributed by atoms with Gasteiger partial charge in [-0.3, -0.25) is 4.79 Å². The van der Waals surface area contributed by atoms with Gasteiger partial charge in [-0.25, -0.2) is 8.78 Å². The summed E-state index contributed by atoms with van der Waals surface area (Å²) in [7, 11) is 1.52. The van der Waals surface area contributed by atoms with E-state index >= 15 is 0 Å². The van der Waals surface area contributed by atoms with Crippen molar-refractivity contribution in [3.8, 4) is 0 Å². The molecule has 0 spiro atoms. The van der Waals surface area contributed by atoms with Crippen molar-refractivity contribution in [3.05, 3.63) is 23.8 Å². The molecule has 1 amide bonds. The normalized spacial score (nSPS) is 12.2. The minimum Gasteiger partial charge on any atom is -0.399 e. The van der Waals surface area contributed by atoms with Crippen LogP contribution in [0.4, 0.5) is 14.5 Å². The van der Waals surface area contributed by atoms with E-state index in [1.165, 1.54) is 7.11 Å². The summed E-state index contributed by atoms with van der Waals surface area (Å²) in [6.07, 6.45) is 0. The van der Waals surface area contributed by atoms with E-state index in [-0.39, 0.29) is 28.3 Å². The highest BCUT2D eigenvalue weighted by atomic mass is 32.2. The number of rotatable bonds is 6. The number of thioether (sulfide) groups is 1. The molecule has 0 fully saturated rings. The van der Waals surface area contributed by atoms with E-state index in [0.29, 0.717) is 6.61 Å². The van der Waals surface area contributed by atoms with Crippen LogP contribution >= 0.6 is 11.8 Å². The first-order valence-corrected chi connectivity index (χ1v) is 6.58. The molecule has 19 heavy (non-hydrogen) atoms. The molecule has 0 saturated heterocycles. The summed E-state index contributed by atoms with van der Waals surface area (Å²) >= 11 is 0.792. The first-order valence-electron chi connectivity index (χ1n) is 5.59. The first kappa shape index (κ1) is 15.7. The Balaban J connectivity index is 2.55. The molecule has 3 N–H and O–H groups in total. The summed E-state index contributed by atoms with van der Waals surface area (Å²) in [5.74, 6) is -1.92. The van der Waals surface area contributed by atoms with Gasteiger partial charge in [-0.15, -0.1) is 11.8 Å². The highest BCUT2D eigenvalue weighted by molar-refractivity contribution is 8.00.